The van der Waals surface area contributed by atoms with Crippen molar-refractivity contribution in [3.63, 3.8) is 0 Å². The van der Waals surface area contributed by atoms with Crippen molar-refractivity contribution in [2.24, 2.45) is 27.2 Å². The molecule has 0 aliphatic carbocycles. The zero-order chi connectivity index (χ0) is 15.2. The summed E-state index contributed by atoms with van der Waals surface area (Å²) in [5.74, 6) is -0.111. The first-order chi connectivity index (χ1) is 10.1. The zero-order valence-corrected chi connectivity index (χ0v) is 13.6. The van der Waals surface area contributed by atoms with Crippen LogP contribution < -0.4 is 17.2 Å². The SMILES string of the molecule is Cl.NC(N)=NC(N)=Nc1ccc(C(=S)N2CCOCC2)cc1. The predicted octanol–water partition coefficient (Wildman–Crippen LogP) is 0.336. The van der Waals surface area contributed by atoms with Gasteiger partial charge in [0.2, 0.25) is 5.96 Å². The molecule has 0 atom stereocenters. The maximum Gasteiger partial charge on any atom is 0.223 e. The number of hydrogen-bond donors (Lipinski definition) is 3. The van der Waals surface area contributed by atoms with Gasteiger partial charge in [-0.2, -0.15) is 4.99 Å². The predicted molar refractivity (Wildman–Crippen MR) is 94.9 cm³/mol. The molecule has 6 N–H and O–H groups in total. The highest BCUT2D eigenvalue weighted by Gasteiger charge is 2.14. The first-order valence-electron chi connectivity index (χ1n) is 6.47. The van der Waals surface area contributed by atoms with E-state index in [0.717, 1.165) is 23.6 Å². The third kappa shape index (κ3) is 5.14. The fraction of sp³-hybridized carbons (Fsp3) is 0.308. The largest absolute Gasteiger partial charge is 0.378 e. The molecule has 1 aliphatic rings. The van der Waals surface area contributed by atoms with Crippen LogP contribution in [0.15, 0.2) is 34.3 Å². The number of ether oxygens (including phenoxy) is 1. The van der Waals surface area contributed by atoms with Gasteiger partial charge in [0, 0.05) is 18.7 Å². The van der Waals surface area contributed by atoms with E-state index in [1.54, 1.807) is 0 Å². The summed E-state index contributed by atoms with van der Waals surface area (Å²) in [6.07, 6.45) is 0. The molecule has 1 heterocycles. The molecular weight excluding hydrogens is 324 g/mol. The first-order valence-corrected chi connectivity index (χ1v) is 6.88. The highest BCUT2D eigenvalue weighted by molar-refractivity contribution is 7.80. The lowest BCUT2D eigenvalue weighted by Gasteiger charge is -2.29. The molecule has 1 aliphatic heterocycles. The molecule has 0 radical (unpaired) electrons. The van der Waals surface area contributed by atoms with E-state index in [1.165, 1.54) is 0 Å². The number of halogens is 1. The van der Waals surface area contributed by atoms with Crippen molar-refractivity contribution in [1.29, 1.82) is 0 Å². The van der Waals surface area contributed by atoms with Gasteiger partial charge in [-0.15, -0.1) is 12.4 Å². The van der Waals surface area contributed by atoms with Crippen LogP contribution in [0.5, 0.6) is 0 Å². The average Bonchev–Trinajstić information content (AvgIpc) is 2.47. The standard InChI is InChI=1S/C13H18N6OS.ClH/c14-12(15)18-13(16)17-10-3-1-9(2-4-10)11(21)19-5-7-20-8-6-19;/h1-4H,5-8H2,(H6,14,15,16,17,18);1H. The molecule has 22 heavy (non-hydrogen) atoms. The lowest BCUT2D eigenvalue weighted by molar-refractivity contribution is 0.0693. The summed E-state index contributed by atoms with van der Waals surface area (Å²) in [7, 11) is 0. The van der Waals surface area contributed by atoms with Gasteiger partial charge >= 0.3 is 0 Å². The second-order valence-electron chi connectivity index (χ2n) is 4.46. The highest BCUT2D eigenvalue weighted by Crippen LogP contribution is 2.15. The van der Waals surface area contributed by atoms with E-state index in [9.17, 15) is 0 Å². The van der Waals surface area contributed by atoms with Crippen molar-refractivity contribution in [1.82, 2.24) is 4.90 Å². The first kappa shape index (κ1) is 18.1. The molecule has 120 valence electrons. The van der Waals surface area contributed by atoms with Gasteiger partial charge in [-0.1, -0.05) is 12.2 Å². The van der Waals surface area contributed by atoms with Crippen LogP contribution in [0.1, 0.15) is 5.56 Å². The van der Waals surface area contributed by atoms with Crippen LogP contribution in [-0.2, 0) is 4.74 Å². The summed E-state index contributed by atoms with van der Waals surface area (Å²) in [4.78, 5) is 10.7. The van der Waals surface area contributed by atoms with Crippen LogP contribution in [-0.4, -0.2) is 48.1 Å². The van der Waals surface area contributed by atoms with Gasteiger partial charge in [-0.25, -0.2) is 4.99 Å². The van der Waals surface area contributed by atoms with Gasteiger partial charge in [-0.3, -0.25) is 0 Å². The van der Waals surface area contributed by atoms with Gasteiger partial charge in [0.1, 0.15) is 4.99 Å². The Hall–Kier alpha value is -1.90. The molecule has 1 aromatic carbocycles. The van der Waals surface area contributed by atoms with Crippen LogP contribution in [0.25, 0.3) is 0 Å². The second kappa shape index (κ2) is 8.52. The van der Waals surface area contributed by atoms with Crippen molar-refractivity contribution in [3.8, 4) is 0 Å². The van der Waals surface area contributed by atoms with Crippen LogP contribution in [0.3, 0.4) is 0 Å². The third-order valence-corrected chi connectivity index (χ3v) is 3.39. The Morgan fingerprint density at radius 2 is 1.68 bits per heavy atom. The Morgan fingerprint density at radius 3 is 2.23 bits per heavy atom. The van der Waals surface area contributed by atoms with Gasteiger partial charge in [0.25, 0.3) is 0 Å². The summed E-state index contributed by atoms with van der Waals surface area (Å²) in [6.45, 7) is 3.04. The second-order valence-corrected chi connectivity index (χ2v) is 4.84. The van der Waals surface area contributed by atoms with Crippen LogP contribution in [0.4, 0.5) is 5.69 Å². The third-order valence-electron chi connectivity index (χ3n) is 2.90. The van der Waals surface area contributed by atoms with Crippen LogP contribution in [0, 0.1) is 0 Å². The number of benzene rings is 1. The van der Waals surface area contributed by atoms with Gasteiger partial charge in [-0.05, 0) is 24.3 Å². The molecular formula is C13H19ClN6OS. The molecule has 9 heteroatoms. The maximum atomic E-state index is 5.58. The van der Waals surface area contributed by atoms with Gasteiger partial charge < -0.3 is 26.8 Å². The fourth-order valence-corrected chi connectivity index (χ4v) is 2.24. The summed E-state index contributed by atoms with van der Waals surface area (Å²) < 4.78 is 5.31. The van der Waals surface area contributed by atoms with E-state index in [4.69, 9.17) is 34.2 Å². The Balaban J connectivity index is 0.00000242. The molecule has 1 saturated heterocycles. The molecule has 0 bridgehead atoms. The van der Waals surface area contributed by atoms with E-state index < -0.39 is 0 Å². The number of rotatable bonds is 2. The number of thiocarbonyl (C=S) groups is 1. The highest BCUT2D eigenvalue weighted by atomic mass is 35.5. The maximum absolute atomic E-state index is 5.58. The molecule has 0 aromatic heterocycles. The van der Waals surface area contributed by atoms with E-state index in [2.05, 4.69) is 14.9 Å². The van der Waals surface area contributed by atoms with E-state index >= 15 is 0 Å². The van der Waals surface area contributed by atoms with Crippen molar-refractivity contribution in [2.45, 2.75) is 0 Å². The lowest BCUT2D eigenvalue weighted by Crippen LogP contribution is -2.40. The lowest BCUT2D eigenvalue weighted by atomic mass is 10.2. The fourth-order valence-electron chi connectivity index (χ4n) is 1.92. The number of hydrogen-bond acceptors (Lipinski definition) is 3. The molecule has 2 rings (SSSR count). The van der Waals surface area contributed by atoms with E-state index in [0.29, 0.717) is 18.9 Å². The average molecular weight is 343 g/mol. The molecule has 7 nitrogen and oxygen atoms in total. The summed E-state index contributed by atoms with van der Waals surface area (Å²) in [5.41, 5.74) is 17.7. The minimum atomic E-state index is -0.124. The quantitative estimate of drug-likeness (QED) is 0.405. The van der Waals surface area contributed by atoms with Crippen molar-refractivity contribution in [2.75, 3.05) is 26.3 Å². The molecule has 1 fully saturated rings. The Morgan fingerprint density at radius 1 is 1.09 bits per heavy atom. The summed E-state index contributed by atoms with van der Waals surface area (Å²) in [5, 5.41) is 0. The summed E-state index contributed by atoms with van der Waals surface area (Å²) >= 11 is 5.48. The molecule has 1 aromatic rings. The summed E-state index contributed by atoms with van der Waals surface area (Å²) in [6, 6.07) is 7.44. The minimum absolute atomic E-state index is 0. The van der Waals surface area contributed by atoms with Crippen molar-refractivity contribution >= 4 is 47.2 Å². The van der Waals surface area contributed by atoms with Crippen LogP contribution in [0.2, 0.25) is 0 Å². The number of nitrogens with zero attached hydrogens (tertiary/aromatic N) is 3. The van der Waals surface area contributed by atoms with Crippen molar-refractivity contribution in [3.05, 3.63) is 29.8 Å². The molecule has 0 amide bonds. The number of morpholine rings is 1. The monoisotopic (exact) mass is 342 g/mol. The van der Waals surface area contributed by atoms with Crippen molar-refractivity contribution < 1.29 is 4.74 Å². The van der Waals surface area contributed by atoms with E-state index in [1.807, 2.05) is 24.3 Å². The van der Waals surface area contributed by atoms with Gasteiger partial charge in [0.05, 0.1) is 18.9 Å². The Labute approximate surface area is 140 Å². The normalized spacial score (nSPS) is 14.9. The topological polar surface area (TPSA) is 115 Å². The zero-order valence-electron chi connectivity index (χ0n) is 11.9. The Bertz CT molecular complexity index is 564. The van der Waals surface area contributed by atoms with Gasteiger partial charge in [0.15, 0.2) is 5.96 Å². The number of guanidine groups is 2. The Kier molecular flexibility index (Phi) is 7.03. The van der Waals surface area contributed by atoms with E-state index in [-0.39, 0.29) is 24.3 Å². The van der Waals surface area contributed by atoms with Crippen LogP contribution >= 0.6 is 24.6 Å². The molecule has 0 spiro atoms. The minimum Gasteiger partial charge on any atom is -0.378 e. The smallest absolute Gasteiger partial charge is 0.223 e. The number of nitrogens with two attached hydrogens (primary N) is 3. The number of aliphatic imine (C=N–C) groups is 2. The molecule has 0 unspecified atom stereocenters. The molecule has 0 saturated carbocycles.